The molecule has 0 spiro atoms. The number of hydrogen-bond donors (Lipinski definition) is 2. The second-order valence-corrected chi connectivity index (χ2v) is 8.44. The first-order valence-corrected chi connectivity index (χ1v) is 11.0. The monoisotopic (exact) mass is 429 g/mol. The quantitative estimate of drug-likeness (QED) is 0.503. The first kappa shape index (κ1) is 20.4. The molecule has 1 saturated carbocycles. The maximum atomic E-state index is 10.5. The van der Waals surface area contributed by atoms with Crippen LogP contribution in [0.5, 0.6) is 0 Å². The van der Waals surface area contributed by atoms with E-state index in [0.29, 0.717) is 5.82 Å². The number of aliphatic hydroxyl groups excluding tert-OH is 1. The predicted octanol–water partition coefficient (Wildman–Crippen LogP) is 3.66. The van der Waals surface area contributed by atoms with Crippen LogP contribution in [-0.4, -0.2) is 46.8 Å². The highest BCUT2D eigenvalue weighted by Crippen LogP contribution is 2.31. The number of anilines is 1. The van der Waals surface area contributed by atoms with Gasteiger partial charge < -0.3 is 10.4 Å². The Morgan fingerprint density at radius 2 is 1.62 bits per heavy atom. The maximum absolute atomic E-state index is 10.5. The van der Waals surface area contributed by atoms with Crippen molar-refractivity contribution < 1.29 is 5.11 Å². The summed E-state index contributed by atoms with van der Waals surface area (Å²) in [5, 5.41) is 22.6. The first-order chi connectivity index (χ1) is 15.6. The molecule has 4 aromatic rings. The molecule has 5 rings (SSSR count). The summed E-state index contributed by atoms with van der Waals surface area (Å²) in [6, 6.07) is 8.13. The Labute approximate surface area is 187 Å². The van der Waals surface area contributed by atoms with Crippen LogP contribution in [0.4, 0.5) is 5.82 Å². The Kier molecular flexibility index (Phi) is 5.45. The van der Waals surface area contributed by atoms with E-state index in [2.05, 4.69) is 32.6 Å². The van der Waals surface area contributed by atoms with E-state index >= 15 is 0 Å². The molecule has 164 valence electrons. The molecule has 1 aliphatic carbocycles. The number of aromatic nitrogens is 6. The van der Waals surface area contributed by atoms with Crippen molar-refractivity contribution in [2.24, 2.45) is 14.1 Å². The fraction of sp³-hybridized carbons (Fsp3) is 0.333. The molecule has 0 saturated heterocycles. The van der Waals surface area contributed by atoms with Crippen molar-refractivity contribution in [3.05, 3.63) is 55.2 Å². The van der Waals surface area contributed by atoms with Gasteiger partial charge in [-0.2, -0.15) is 10.2 Å². The Morgan fingerprint density at radius 3 is 2.34 bits per heavy atom. The molecule has 3 heterocycles. The van der Waals surface area contributed by atoms with Gasteiger partial charge in [0.15, 0.2) is 5.82 Å². The van der Waals surface area contributed by atoms with E-state index in [4.69, 9.17) is 4.98 Å². The SMILES string of the molecule is Cn1cc(-c2cccc(-c3ncc(-c4cnn(C)c4)c(N[C@H]4CCCC[C@H]4O)n3)c2)cn1. The number of benzene rings is 1. The molecule has 1 aliphatic rings. The molecule has 0 unspecified atom stereocenters. The number of rotatable bonds is 5. The molecule has 2 N–H and O–H groups in total. The highest BCUT2D eigenvalue weighted by atomic mass is 16.3. The normalized spacial score (nSPS) is 18.6. The van der Waals surface area contributed by atoms with Crippen LogP contribution in [0.1, 0.15) is 25.7 Å². The molecule has 0 radical (unpaired) electrons. The zero-order valence-electron chi connectivity index (χ0n) is 18.3. The number of nitrogens with zero attached hydrogens (tertiary/aromatic N) is 6. The van der Waals surface area contributed by atoms with Crippen molar-refractivity contribution in [1.29, 1.82) is 0 Å². The minimum absolute atomic E-state index is 0.0244. The molecule has 3 aromatic heterocycles. The molecule has 0 amide bonds. The van der Waals surface area contributed by atoms with E-state index in [1.807, 2.05) is 57.2 Å². The standard InChI is InChI=1S/C24H27N7O/c1-30-14-18(11-26-30)16-6-5-7-17(10-16)23-25-13-20(19-12-27-31(2)15-19)24(29-23)28-21-8-3-4-9-22(21)32/h5-7,10-15,21-22,32H,3-4,8-9H2,1-2H3,(H,25,28,29)/t21-,22+/m0/s1. The summed E-state index contributed by atoms with van der Waals surface area (Å²) in [7, 11) is 3.80. The van der Waals surface area contributed by atoms with Crippen LogP contribution in [-0.2, 0) is 14.1 Å². The van der Waals surface area contributed by atoms with Gasteiger partial charge in [-0.1, -0.05) is 31.0 Å². The number of hydrogen-bond acceptors (Lipinski definition) is 6. The summed E-state index contributed by atoms with van der Waals surface area (Å²) in [5.74, 6) is 1.36. The van der Waals surface area contributed by atoms with E-state index < -0.39 is 0 Å². The van der Waals surface area contributed by atoms with Gasteiger partial charge in [0.05, 0.1) is 24.5 Å². The van der Waals surface area contributed by atoms with Gasteiger partial charge in [-0.15, -0.1) is 0 Å². The van der Waals surface area contributed by atoms with Gasteiger partial charge in [0.25, 0.3) is 0 Å². The average Bonchev–Trinajstić information content (AvgIpc) is 3.44. The Morgan fingerprint density at radius 1 is 0.906 bits per heavy atom. The highest BCUT2D eigenvalue weighted by Gasteiger charge is 2.25. The number of nitrogens with one attached hydrogen (secondary N) is 1. The zero-order valence-corrected chi connectivity index (χ0v) is 18.3. The predicted molar refractivity (Wildman–Crippen MR) is 124 cm³/mol. The van der Waals surface area contributed by atoms with Crippen LogP contribution in [0.3, 0.4) is 0 Å². The van der Waals surface area contributed by atoms with Crippen molar-refractivity contribution >= 4 is 5.82 Å². The van der Waals surface area contributed by atoms with Crippen molar-refractivity contribution in [2.75, 3.05) is 5.32 Å². The summed E-state index contributed by atoms with van der Waals surface area (Å²) in [6.07, 6.45) is 13.0. The lowest BCUT2D eigenvalue weighted by atomic mass is 9.92. The molecule has 8 heteroatoms. The summed E-state index contributed by atoms with van der Waals surface area (Å²) in [4.78, 5) is 9.58. The topological polar surface area (TPSA) is 93.7 Å². The molecule has 8 nitrogen and oxygen atoms in total. The molecule has 1 fully saturated rings. The van der Waals surface area contributed by atoms with Crippen LogP contribution >= 0.6 is 0 Å². The van der Waals surface area contributed by atoms with Crippen LogP contribution in [0.2, 0.25) is 0 Å². The summed E-state index contributed by atoms with van der Waals surface area (Å²) >= 11 is 0. The Bertz CT molecular complexity index is 1230. The second kappa shape index (κ2) is 8.55. The maximum Gasteiger partial charge on any atom is 0.161 e. The van der Waals surface area contributed by atoms with Crippen LogP contribution < -0.4 is 5.32 Å². The van der Waals surface area contributed by atoms with Gasteiger partial charge in [-0.25, -0.2) is 9.97 Å². The van der Waals surface area contributed by atoms with E-state index in [1.165, 1.54) is 0 Å². The van der Waals surface area contributed by atoms with Gasteiger partial charge in [-0.05, 0) is 24.5 Å². The third-order valence-corrected chi connectivity index (χ3v) is 6.02. The summed E-state index contributed by atoms with van der Waals surface area (Å²) in [5.41, 5.74) is 4.85. The van der Waals surface area contributed by atoms with E-state index in [9.17, 15) is 5.11 Å². The van der Waals surface area contributed by atoms with Crippen LogP contribution in [0.15, 0.2) is 55.2 Å². The molecular weight excluding hydrogens is 402 g/mol. The minimum Gasteiger partial charge on any atom is -0.391 e. The fourth-order valence-electron chi connectivity index (χ4n) is 4.27. The minimum atomic E-state index is -0.377. The van der Waals surface area contributed by atoms with Crippen molar-refractivity contribution in [2.45, 2.75) is 37.8 Å². The smallest absolute Gasteiger partial charge is 0.161 e. The van der Waals surface area contributed by atoms with E-state index in [1.54, 1.807) is 9.36 Å². The van der Waals surface area contributed by atoms with E-state index in [0.717, 1.165) is 59.3 Å². The third kappa shape index (κ3) is 4.13. The zero-order chi connectivity index (χ0) is 22.1. The largest absolute Gasteiger partial charge is 0.391 e. The lowest BCUT2D eigenvalue weighted by Gasteiger charge is -2.29. The second-order valence-electron chi connectivity index (χ2n) is 8.44. The summed E-state index contributed by atoms with van der Waals surface area (Å²) in [6.45, 7) is 0. The third-order valence-electron chi connectivity index (χ3n) is 6.02. The lowest BCUT2D eigenvalue weighted by Crippen LogP contribution is -2.36. The Hall–Kier alpha value is -3.52. The van der Waals surface area contributed by atoms with Crippen molar-refractivity contribution in [3.63, 3.8) is 0 Å². The van der Waals surface area contributed by atoms with Gasteiger partial charge >= 0.3 is 0 Å². The van der Waals surface area contributed by atoms with E-state index in [-0.39, 0.29) is 12.1 Å². The lowest BCUT2D eigenvalue weighted by molar-refractivity contribution is 0.116. The van der Waals surface area contributed by atoms with Crippen LogP contribution in [0, 0.1) is 0 Å². The van der Waals surface area contributed by atoms with Crippen molar-refractivity contribution in [3.8, 4) is 33.6 Å². The Balaban J connectivity index is 1.54. The fourth-order valence-corrected chi connectivity index (χ4v) is 4.27. The highest BCUT2D eigenvalue weighted by molar-refractivity contribution is 5.76. The van der Waals surface area contributed by atoms with Gasteiger partial charge in [0.2, 0.25) is 0 Å². The summed E-state index contributed by atoms with van der Waals surface area (Å²) < 4.78 is 3.55. The molecule has 1 aromatic carbocycles. The van der Waals surface area contributed by atoms with Gasteiger partial charge in [0.1, 0.15) is 5.82 Å². The molecular formula is C24H27N7O. The molecule has 2 atom stereocenters. The van der Waals surface area contributed by atoms with Crippen molar-refractivity contribution in [1.82, 2.24) is 29.5 Å². The first-order valence-electron chi connectivity index (χ1n) is 11.0. The molecule has 0 bridgehead atoms. The number of aryl methyl sites for hydroxylation is 2. The average molecular weight is 430 g/mol. The molecule has 0 aliphatic heterocycles. The van der Waals surface area contributed by atoms with Gasteiger partial charge in [-0.3, -0.25) is 9.36 Å². The van der Waals surface area contributed by atoms with Crippen LogP contribution in [0.25, 0.3) is 33.6 Å². The van der Waals surface area contributed by atoms with Gasteiger partial charge in [0, 0.05) is 54.9 Å². The number of aliphatic hydroxyl groups is 1. The molecule has 32 heavy (non-hydrogen) atoms.